The normalized spacial score (nSPS) is 12.7. The highest BCUT2D eigenvalue weighted by Gasteiger charge is 2.18. The number of unbranched alkanes of at least 4 members (excludes halogenated alkanes) is 26. The molecule has 0 spiro atoms. The third-order valence-electron chi connectivity index (χ3n) is 11.9. The lowest BCUT2D eigenvalue weighted by atomic mass is 9.93. The van der Waals surface area contributed by atoms with E-state index in [0.29, 0.717) is 11.8 Å². The molecule has 0 saturated heterocycles. The first kappa shape index (κ1) is 52.9. The number of hydrogen-bond acceptors (Lipinski definition) is 3. The Bertz CT molecular complexity index is 712. The fourth-order valence-electron chi connectivity index (χ4n) is 8.04. The van der Waals surface area contributed by atoms with E-state index in [4.69, 9.17) is 0 Å². The van der Waals surface area contributed by atoms with Crippen LogP contribution in [0, 0.1) is 11.8 Å². The largest absolute Gasteiger partial charge is 0.356 e. The highest BCUT2D eigenvalue weighted by atomic mass is 16.2. The van der Waals surface area contributed by atoms with Crippen LogP contribution in [0.25, 0.3) is 0 Å². The second-order valence-electron chi connectivity index (χ2n) is 17.3. The van der Waals surface area contributed by atoms with Gasteiger partial charge >= 0.3 is 0 Å². The van der Waals surface area contributed by atoms with E-state index in [1.54, 1.807) is 0 Å². The number of carbonyl (C=O) groups excluding carboxylic acids is 2. The maximum Gasteiger partial charge on any atom is 0.223 e. The minimum Gasteiger partial charge on any atom is -0.356 e. The lowest BCUT2D eigenvalue weighted by Gasteiger charge is -2.17. The molecule has 2 amide bonds. The lowest BCUT2D eigenvalue weighted by molar-refractivity contribution is -0.126. The predicted molar refractivity (Wildman–Crippen MR) is 239 cm³/mol. The standard InChI is InChI=1S/C49H99N3O2/c1-6-10-14-18-24-32-40-46(38-30-16-12-8-3)48(53)50-42-34-26-20-22-28-36-44-52(5)45-37-29-23-21-27-35-43-51-49(54)47(39-31-17-13-9-4)41-33-25-19-15-11-7-2/h46-47H,6-45H2,1-5H3,(H,50,53)(H,51,54). The molecule has 0 aliphatic carbocycles. The topological polar surface area (TPSA) is 61.4 Å². The Morgan fingerprint density at radius 2 is 0.593 bits per heavy atom. The molecule has 0 fully saturated rings. The van der Waals surface area contributed by atoms with Gasteiger partial charge in [0.1, 0.15) is 0 Å². The third kappa shape index (κ3) is 36.5. The van der Waals surface area contributed by atoms with Crippen LogP contribution < -0.4 is 10.6 Å². The summed E-state index contributed by atoms with van der Waals surface area (Å²) in [4.78, 5) is 28.5. The Morgan fingerprint density at radius 3 is 0.907 bits per heavy atom. The molecule has 2 unspecified atom stereocenters. The van der Waals surface area contributed by atoms with E-state index < -0.39 is 0 Å². The zero-order valence-electron chi connectivity index (χ0n) is 37.7. The quantitative estimate of drug-likeness (QED) is 0.0608. The summed E-state index contributed by atoms with van der Waals surface area (Å²) in [6.07, 6.45) is 45.3. The molecule has 0 bridgehead atoms. The number of amides is 2. The molecule has 0 radical (unpaired) electrons. The van der Waals surface area contributed by atoms with Crippen molar-refractivity contribution >= 4 is 11.8 Å². The first-order valence-corrected chi connectivity index (χ1v) is 24.7. The Balaban J connectivity index is 3.86. The van der Waals surface area contributed by atoms with Crippen molar-refractivity contribution < 1.29 is 9.59 Å². The van der Waals surface area contributed by atoms with E-state index in [1.807, 2.05) is 0 Å². The molecule has 5 heteroatoms. The molecule has 2 N–H and O–H groups in total. The molecule has 0 aromatic carbocycles. The second-order valence-corrected chi connectivity index (χ2v) is 17.3. The average Bonchev–Trinajstić information content (AvgIpc) is 3.17. The minimum atomic E-state index is 0.234. The van der Waals surface area contributed by atoms with Gasteiger partial charge in [0, 0.05) is 24.9 Å². The molecule has 0 saturated carbocycles. The monoisotopic (exact) mass is 762 g/mol. The zero-order valence-corrected chi connectivity index (χ0v) is 37.7. The van der Waals surface area contributed by atoms with E-state index in [2.05, 4.69) is 50.3 Å². The van der Waals surface area contributed by atoms with Crippen molar-refractivity contribution in [2.75, 3.05) is 33.2 Å². The maximum absolute atomic E-state index is 13.0. The van der Waals surface area contributed by atoms with Gasteiger partial charge in [-0.2, -0.15) is 0 Å². The van der Waals surface area contributed by atoms with Gasteiger partial charge in [0.15, 0.2) is 0 Å². The lowest BCUT2D eigenvalue weighted by Crippen LogP contribution is -2.31. The molecule has 0 aliphatic heterocycles. The highest BCUT2D eigenvalue weighted by Crippen LogP contribution is 2.21. The van der Waals surface area contributed by atoms with Crippen molar-refractivity contribution in [3.8, 4) is 0 Å². The van der Waals surface area contributed by atoms with Crippen LogP contribution >= 0.6 is 0 Å². The number of nitrogens with zero attached hydrogens (tertiary/aromatic N) is 1. The van der Waals surface area contributed by atoms with Gasteiger partial charge in [-0.1, -0.05) is 207 Å². The fraction of sp³-hybridized carbons (Fsp3) is 0.959. The van der Waals surface area contributed by atoms with Gasteiger partial charge < -0.3 is 15.5 Å². The molecular weight excluding hydrogens is 663 g/mol. The van der Waals surface area contributed by atoms with Gasteiger partial charge in [-0.05, 0) is 71.5 Å². The van der Waals surface area contributed by atoms with Crippen LogP contribution in [0.5, 0.6) is 0 Å². The number of nitrogens with one attached hydrogen (secondary N) is 2. The summed E-state index contributed by atoms with van der Waals surface area (Å²) in [7, 11) is 2.29. The molecular formula is C49H99N3O2. The smallest absolute Gasteiger partial charge is 0.223 e. The Labute approximate surface area is 339 Å². The number of carbonyl (C=O) groups is 2. The number of rotatable bonds is 44. The molecule has 54 heavy (non-hydrogen) atoms. The first-order chi connectivity index (χ1) is 26.5. The van der Waals surface area contributed by atoms with Crippen LogP contribution in [0.4, 0.5) is 0 Å². The predicted octanol–water partition coefficient (Wildman–Crippen LogP) is 14.5. The number of hydrogen-bond donors (Lipinski definition) is 2. The summed E-state index contributed by atoms with van der Waals surface area (Å²) in [5.74, 6) is 1.13. The van der Waals surface area contributed by atoms with Crippen LogP contribution in [0.3, 0.4) is 0 Å². The molecule has 2 atom stereocenters. The van der Waals surface area contributed by atoms with E-state index in [9.17, 15) is 9.59 Å². The molecule has 0 aromatic heterocycles. The molecule has 5 nitrogen and oxygen atoms in total. The first-order valence-electron chi connectivity index (χ1n) is 24.7. The Morgan fingerprint density at radius 1 is 0.352 bits per heavy atom. The van der Waals surface area contributed by atoms with E-state index >= 15 is 0 Å². The SMILES string of the molecule is CCCCCCCCC(CCCCCC)C(=O)NCCCCCCCCN(C)CCCCCCCCNC(=O)C(CCCCCC)CCCCCCCC. The Hall–Kier alpha value is -1.10. The van der Waals surface area contributed by atoms with Crippen LogP contribution in [0.2, 0.25) is 0 Å². The summed E-state index contributed by atoms with van der Waals surface area (Å²) >= 11 is 0. The van der Waals surface area contributed by atoms with Crippen molar-refractivity contribution in [2.24, 2.45) is 11.8 Å². The summed E-state index contributed by atoms with van der Waals surface area (Å²) in [6, 6.07) is 0. The third-order valence-corrected chi connectivity index (χ3v) is 11.9. The van der Waals surface area contributed by atoms with Crippen molar-refractivity contribution in [1.82, 2.24) is 15.5 Å². The van der Waals surface area contributed by atoms with E-state index in [0.717, 1.165) is 51.6 Å². The van der Waals surface area contributed by atoms with Gasteiger partial charge in [0.25, 0.3) is 0 Å². The summed E-state index contributed by atoms with van der Waals surface area (Å²) in [5.41, 5.74) is 0. The van der Waals surface area contributed by atoms with Gasteiger partial charge in [0.05, 0.1) is 0 Å². The molecule has 0 aromatic rings. The van der Waals surface area contributed by atoms with Crippen LogP contribution in [-0.2, 0) is 9.59 Å². The average molecular weight is 762 g/mol. The molecule has 0 heterocycles. The molecule has 322 valence electrons. The molecule has 0 rings (SSSR count). The van der Waals surface area contributed by atoms with Crippen LogP contribution in [-0.4, -0.2) is 49.9 Å². The second kappa shape index (κ2) is 43.0. The maximum atomic E-state index is 13.0. The van der Waals surface area contributed by atoms with E-state index in [-0.39, 0.29) is 11.8 Å². The van der Waals surface area contributed by atoms with E-state index in [1.165, 1.54) is 206 Å². The fourth-order valence-corrected chi connectivity index (χ4v) is 8.04. The van der Waals surface area contributed by atoms with Gasteiger partial charge in [-0.3, -0.25) is 9.59 Å². The van der Waals surface area contributed by atoms with Gasteiger partial charge in [-0.25, -0.2) is 0 Å². The van der Waals surface area contributed by atoms with Crippen molar-refractivity contribution in [2.45, 2.75) is 259 Å². The summed E-state index contributed by atoms with van der Waals surface area (Å²) in [6.45, 7) is 13.2. The van der Waals surface area contributed by atoms with Crippen LogP contribution in [0.15, 0.2) is 0 Å². The summed E-state index contributed by atoms with van der Waals surface area (Å²) < 4.78 is 0. The summed E-state index contributed by atoms with van der Waals surface area (Å²) in [5, 5.41) is 6.62. The zero-order chi connectivity index (χ0) is 39.6. The molecule has 0 aliphatic rings. The minimum absolute atomic E-state index is 0.234. The van der Waals surface area contributed by atoms with Crippen molar-refractivity contribution in [1.29, 1.82) is 0 Å². The van der Waals surface area contributed by atoms with Gasteiger partial charge in [-0.15, -0.1) is 0 Å². The Kier molecular flexibility index (Phi) is 42.2. The van der Waals surface area contributed by atoms with Crippen molar-refractivity contribution in [3.63, 3.8) is 0 Å². The van der Waals surface area contributed by atoms with Gasteiger partial charge in [0.2, 0.25) is 11.8 Å². The van der Waals surface area contributed by atoms with Crippen molar-refractivity contribution in [3.05, 3.63) is 0 Å². The highest BCUT2D eigenvalue weighted by molar-refractivity contribution is 5.78. The van der Waals surface area contributed by atoms with Crippen LogP contribution in [0.1, 0.15) is 259 Å².